The number of hydrogen-bond donors (Lipinski definition) is 1. The number of hydrogen-bond acceptors (Lipinski definition) is 4. The molecular formula is C23H38N2O2. The van der Waals surface area contributed by atoms with Gasteiger partial charge in [-0.15, -0.1) is 0 Å². The highest BCUT2D eigenvalue weighted by Crippen LogP contribution is 2.23. The van der Waals surface area contributed by atoms with Crippen molar-refractivity contribution in [3.63, 3.8) is 0 Å². The van der Waals surface area contributed by atoms with E-state index in [1.807, 2.05) is 18.2 Å². The Hall–Kier alpha value is -1.36. The summed E-state index contributed by atoms with van der Waals surface area (Å²) in [5.74, 6) is 0.872. The highest BCUT2D eigenvalue weighted by molar-refractivity contribution is 5.33. The molecule has 1 atom stereocenters. The predicted molar refractivity (Wildman–Crippen MR) is 113 cm³/mol. The van der Waals surface area contributed by atoms with E-state index in [2.05, 4.69) is 43.3 Å². The van der Waals surface area contributed by atoms with Crippen molar-refractivity contribution in [2.45, 2.75) is 64.6 Å². The van der Waals surface area contributed by atoms with Crippen molar-refractivity contribution in [3.8, 4) is 5.75 Å². The van der Waals surface area contributed by atoms with E-state index in [4.69, 9.17) is 4.74 Å². The third-order valence-corrected chi connectivity index (χ3v) is 5.44. The van der Waals surface area contributed by atoms with Crippen LogP contribution in [-0.2, 0) is 6.54 Å². The van der Waals surface area contributed by atoms with Crippen molar-refractivity contribution in [1.29, 1.82) is 0 Å². The van der Waals surface area contributed by atoms with Crippen LogP contribution in [0.1, 0.15) is 51.5 Å². The monoisotopic (exact) mass is 374 g/mol. The lowest BCUT2D eigenvalue weighted by molar-refractivity contribution is 0.0556. The Labute approximate surface area is 165 Å². The molecule has 1 aromatic carbocycles. The molecular weight excluding hydrogens is 336 g/mol. The largest absolute Gasteiger partial charge is 0.491 e. The Morgan fingerprint density at radius 2 is 1.96 bits per heavy atom. The summed E-state index contributed by atoms with van der Waals surface area (Å²) in [6.45, 7) is 11.9. The second-order valence-corrected chi connectivity index (χ2v) is 8.06. The molecule has 1 unspecified atom stereocenters. The molecule has 1 aliphatic carbocycles. The Morgan fingerprint density at radius 1 is 1.26 bits per heavy atom. The molecule has 1 aromatic rings. The first-order valence-corrected chi connectivity index (χ1v) is 10.4. The quantitative estimate of drug-likeness (QED) is 0.592. The summed E-state index contributed by atoms with van der Waals surface area (Å²) in [7, 11) is 2.13. The van der Waals surface area contributed by atoms with Gasteiger partial charge >= 0.3 is 0 Å². The first-order chi connectivity index (χ1) is 13.0. The first kappa shape index (κ1) is 21.9. The molecule has 1 N–H and O–H groups in total. The van der Waals surface area contributed by atoms with Gasteiger partial charge in [-0.2, -0.15) is 0 Å². The van der Waals surface area contributed by atoms with Gasteiger partial charge in [-0.25, -0.2) is 0 Å². The van der Waals surface area contributed by atoms with Crippen LogP contribution in [0.3, 0.4) is 0 Å². The van der Waals surface area contributed by atoms with E-state index in [1.165, 1.54) is 32.1 Å². The molecule has 1 fully saturated rings. The summed E-state index contributed by atoms with van der Waals surface area (Å²) in [4.78, 5) is 4.66. The molecule has 1 saturated carbocycles. The highest BCUT2D eigenvalue weighted by Gasteiger charge is 2.20. The molecule has 0 amide bonds. The molecule has 0 heterocycles. The standard InChI is InChI=1S/C23H38N2O2/c1-5-25(15-19(2)3)16-20-11-9-10-14-23(20)27-18-22(26)17-24(4)21-12-7-6-8-13-21/h9-11,14,21-22,26H,2,5-8,12-13,15-18H2,1,3-4H3. The second-order valence-electron chi connectivity index (χ2n) is 8.06. The summed E-state index contributed by atoms with van der Waals surface area (Å²) in [5, 5.41) is 10.5. The van der Waals surface area contributed by atoms with Gasteiger partial charge in [0.2, 0.25) is 0 Å². The van der Waals surface area contributed by atoms with Crippen LogP contribution in [0.5, 0.6) is 5.75 Å². The molecule has 0 aliphatic heterocycles. The van der Waals surface area contributed by atoms with E-state index in [0.717, 1.165) is 36.5 Å². The summed E-state index contributed by atoms with van der Waals surface area (Å²) >= 11 is 0. The lowest BCUT2D eigenvalue weighted by atomic mass is 9.94. The van der Waals surface area contributed by atoms with E-state index in [9.17, 15) is 5.11 Å². The molecule has 2 rings (SSSR count). The maximum atomic E-state index is 10.5. The van der Waals surface area contributed by atoms with Crippen LogP contribution in [-0.4, -0.2) is 60.3 Å². The SMILES string of the molecule is C=C(C)CN(CC)Cc1ccccc1OCC(O)CN(C)C1CCCCC1. The van der Waals surface area contributed by atoms with Gasteiger partial charge in [0.1, 0.15) is 18.5 Å². The molecule has 152 valence electrons. The first-order valence-electron chi connectivity index (χ1n) is 10.4. The number of para-hydroxylation sites is 1. The van der Waals surface area contributed by atoms with E-state index in [0.29, 0.717) is 19.2 Å². The topological polar surface area (TPSA) is 35.9 Å². The van der Waals surface area contributed by atoms with E-state index >= 15 is 0 Å². The number of likely N-dealkylation sites (N-methyl/N-ethyl adjacent to an activating group) is 2. The van der Waals surface area contributed by atoms with Crippen molar-refractivity contribution < 1.29 is 9.84 Å². The minimum atomic E-state index is -0.470. The van der Waals surface area contributed by atoms with Crippen molar-refractivity contribution in [3.05, 3.63) is 42.0 Å². The van der Waals surface area contributed by atoms with Crippen molar-refractivity contribution >= 4 is 0 Å². The molecule has 4 heteroatoms. The lowest BCUT2D eigenvalue weighted by Gasteiger charge is -2.32. The van der Waals surface area contributed by atoms with Gasteiger partial charge in [0, 0.05) is 31.2 Å². The fourth-order valence-corrected chi connectivity index (χ4v) is 3.92. The Morgan fingerprint density at radius 3 is 2.63 bits per heavy atom. The average molecular weight is 375 g/mol. The van der Waals surface area contributed by atoms with Crippen molar-refractivity contribution in [1.82, 2.24) is 9.80 Å². The van der Waals surface area contributed by atoms with Crippen LogP contribution >= 0.6 is 0 Å². The Bertz CT molecular complexity index is 569. The number of ether oxygens (including phenoxy) is 1. The summed E-state index contributed by atoms with van der Waals surface area (Å²) in [5.41, 5.74) is 2.32. The van der Waals surface area contributed by atoms with Gasteiger partial charge < -0.3 is 14.7 Å². The number of aliphatic hydroxyl groups is 1. The molecule has 0 saturated heterocycles. The lowest BCUT2D eigenvalue weighted by Crippen LogP contribution is -2.40. The molecule has 0 aromatic heterocycles. The van der Waals surface area contributed by atoms with E-state index in [1.54, 1.807) is 0 Å². The number of rotatable bonds is 11. The fraction of sp³-hybridized carbons (Fsp3) is 0.652. The Balaban J connectivity index is 1.86. The van der Waals surface area contributed by atoms with Gasteiger partial charge in [-0.05, 0) is 39.4 Å². The third kappa shape index (κ3) is 7.65. The zero-order valence-electron chi connectivity index (χ0n) is 17.5. The number of benzene rings is 1. The second kappa shape index (κ2) is 11.5. The summed E-state index contributed by atoms with van der Waals surface area (Å²) in [6.07, 6.45) is 6.01. The molecule has 1 aliphatic rings. The smallest absolute Gasteiger partial charge is 0.123 e. The molecule has 0 spiro atoms. The maximum absolute atomic E-state index is 10.5. The normalized spacial score (nSPS) is 16.7. The summed E-state index contributed by atoms with van der Waals surface area (Å²) in [6, 6.07) is 8.76. The zero-order chi connectivity index (χ0) is 19.6. The van der Waals surface area contributed by atoms with Gasteiger partial charge in [0.05, 0.1) is 0 Å². The van der Waals surface area contributed by atoms with Gasteiger partial charge in [-0.3, -0.25) is 4.90 Å². The van der Waals surface area contributed by atoms with E-state index < -0.39 is 6.10 Å². The van der Waals surface area contributed by atoms with Crippen molar-refractivity contribution in [2.24, 2.45) is 0 Å². The Kier molecular flexibility index (Phi) is 9.32. The molecule has 27 heavy (non-hydrogen) atoms. The summed E-state index contributed by atoms with van der Waals surface area (Å²) < 4.78 is 6.01. The molecule has 4 nitrogen and oxygen atoms in total. The van der Waals surface area contributed by atoms with Crippen LogP contribution in [0.2, 0.25) is 0 Å². The zero-order valence-corrected chi connectivity index (χ0v) is 17.5. The highest BCUT2D eigenvalue weighted by atomic mass is 16.5. The van der Waals surface area contributed by atoms with Crippen LogP contribution < -0.4 is 4.74 Å². The number of nitrogens with zero attached hydrogens (tertiary/aromatic N) is 2. The van der Waals surface area contributed by atoms with Gasteiger partial charge in [0.25, 0.3) is 0 Å². The fourth-order valence-electron chi connectivity index (χ4n) is 3.92. The third-order valence-electron chi connectivity index (χ3n) is 5.44. The molecule has 0 bridgehead atoms. The van der Waals surface area contributed by atoms with E-state index in [-0.39, 0.29) is 0 Å². The van der Waals surface area contributed by atoms with Crippen LogP contribution in [0.25, 0.3) is 0 Å². The predicted octanol–water partition coefficient (Wildman–Crippen LogP) is 4.09. The van der Waals surface area contributed by atoms with Gasteiger partial charge in [-0.1, -0.05) is 56.5 Å². The van der Waals surface area contributed by atoms with Crippen LogP contribution in [0.4, 0.5) is 0 Å². The van der Waals surface area contributed by atoms with Crippen molar-refractivity contribution in [2.75, 3.05) is 33.3 Å². The minimum Gasteiger partial charge on any atom is -0.491 e. The van der Waals surface area contributed by atoms with Crippen LogP contribution in [0.15, 0.2) is 36.4 Å². The van der Waals surface area contributed by atoms with Crippen LogP contribution in [0, 0.1) is 0 Å². The number of aliphatic hydroxyl groups excluding tert-OH is 1. The minimum absolute atomic E-state index is 0.334. The maximum Gasteiger partial charge on any atom is 0.123 e. The van der Waals surface area contributed by atoms with Gasteiger partial charge in [0.15, 0.2) is 0 Å². The average Bonchev–Trinajstić information content (AvgIpc) is 2.67. The molecule has 0 radical (unpaired) electrons.